The van der Waals surface area contributed by atoms with Crippen LogP contribution in [-0.4, -0.2) is 97.1 Å². The van der Waals surface area contributed by atoms with E-state index in [2.05, 4.69) is 17.1 Å². The Labute approximate surface area is 150 Å². The number of hydrogen-bond donors (Lipinski definition) is 1. The first-order valence-corrected chi connectivity index (χ1v) is 9.72. The molecule has 3 fully saturated rings. The van der Waals surface area contributed by atoms with E-state index >= 15 is 0 Å². The highest BCUT2D eigenvalue weighted by atomic mass is 16.5. The summed E-state index contributed by atoms with van der Waals surface area (Å²) in [7, 11) is 0. The number of amides is 2. The smallest absolute Gasteiger partial charge is 0.242 e. The fourth-order valence-electron chi connectivity index (χ4n) is 4.08. The Morgan fingerprint density at radius 2 is 1.84 bits per heavy atom. The predicted molar refractivity (Wildman–Crippen MR) is 95.3 cm³/mol. The predicted octanol–water partition coefficient (Wildman–Crippen LogP) is -0.0915. The number of hydrogen-bond acceptors (Lipinski definition) is 5. The maximum Gasteiger partial charge on any atom is 0.242 e. The molecule has 142 valence electrons. The molecule has 0 radical (unpaired) electrons. The number of nitrogens with zero attached hydrogens (tertiary/aromatic N) is 3. The molecule has 7 heteroatoms. The first-order valence-electron chi connectivity index (χ1n) is 9.72. The third kappa shape index (κ3) is 4.51. The fourth-order valence-corrected chi connectivity index (χ4v) is 4.08. The molecular formula is C18H32N4O3. The maximum absolute atomic E-state index is 12.7. The van der Waals surface area contributed by atoms with Crippen LogP contribution in [0.4, 0.5) is 0 Å². The van der Waals surface area contributed by atoms with Crippen molar-refractivity contribution in [2.45, 2.75) is 51.3 Å². The molecule has 7 nitrogen and oxygen atoms in total. The number of piperidine rings is 1. The lowest BCUT2D eigenvalue weighted by atomic mass is 10.0. The molecule has 3 rings (SSSR count). The van der Waals surface area contributed by atoms with Gasteiger partial charge in [-0.25, -0.2) is 0 Å². The average molecular weight is 352 g/mol. The van der Waals surface area contributed by atoms with Crippen LogP contribution < -0.4 is 5.32 Å². The van der Waals surface area contributed by atoms with Gasteiger partial charge < -0.3 is 19.9 Å². The number of piperazine rings is 1. The summed E-state index contributed by atoms with van der Waals surface area (Å²) >= 11 is 0. The monoisotopic (exact) mass is 352 g/mol. The lowest BCUT2D eigenvalue weighted by Crippen LogP contribution is -2.60. The van der Waals surface area contributed by atoms with Crippen molar-refractivity contribution in [2.75, 3.05) is 52.4 Å². The van der Waals surface area contributed by atoms with Crippen molar-refractivity contribution in [3.8, 4) is 0 Å². The maximum atomic E-state index is 12.7. The van der Waals surface area contributed by atoms with Crippen LogP contribution in [0.15, 0.2) is 0 Å². The van der Waals surface area contributed by atoms with Gasteiger partial charge in [0.15, 0.2) is 0 Å². The zero-order valence-electron chi connectivity index (χ0n) is 15.6. The second kappa shape index (κ2) is 8.47. The lowest BCUT2D eigenvalue weighted by molar-refractivity contribution is -0.142. The van der Waals surface area contributed by atoms with Crippen molar-refractivity contribution in [1.29, 1.82) is 0 Å². The summed E-state index contributed by atoms with van der Waals surface area (Å²) in [6, 6.07) is 0.124. The molecule has 2 amide bonds. The highest BCUT2D eigenvalue weighted by Gasteiger charge is 2.34. The molecule has 0 bridgehead atoms. The van der Waals surface area contributed by atoms with E-state index in [9.17, 15) is 9.59 Å². The van der Waals surface area contributed by atoms with Crippen LogP contribution in [0.1, 0.15) is 33.1 Å². The van der Waals surface area contributed by atoms with Gasteiger partial charge in [0, 0.05) is 45.3 Å². The summed E-state index contributed by atoms with van der Waals surface area (Å²) in [5.41, 5.74) is 0. The van der Waals surface area contributed by atoms with Crippen LogP contribution in [0.2, 0.25) is 0 Å². The first kappa shape index (κ1) is 18.6. The van der Waals surface area contributed by atoms with Gasteiger partial charge in [-0.15, -0.1) is 0 Å². The molecule has 1 unspecified atom stereocenters. The first-order chi connectivity index (χ1) is 12.1. The zero-order valence-corrected chi connectivity index (χ0v) is 15.6. The molecule has 0 saturated carbocycles. The van der Waals surface area contributed by atoms with Crippen molar-refractivity contribution < 1.29 is 14.3 Å². The second-order valence-corrected chi connectivity index (χ2v) is 7.54. The molecule has 3 heterocycles. The van der Waals surface area contributed by atoms with Gasteiger partial charge in [0.2, 0.25) is 11.8 Å². The Kier molecular flexibility index (Phi) is 6.30. The van der Waals surface area contributed by atoms with E-state index in [4.69, 9.17) is 4.74 Å². The molecular weight excluding hydrogens is 320 g/mol. The minimum Gasteiger partial charge on any atom is -0.375 e. The number of ether oxygens (including phenoxy) is 1. The quantitative estimate of drug-likeness (QED) is 0.769. The van der Waals surface area contributed by atoms with E-state index in [1.165, 1.54) is 6.42 Å². The Balaban J connectivity index is 1.45. The summed E-state index contributed by atoms with van der Waals surface area (Å²) in [5, 5.41) is 3.27. The Morgan fingerprint density at radius 3 is 2.52 bits per heavy atom. The Hall–Kier alpha value is -1.18. The number of morpholine rings is 1. The van der Waals surface area contributed by atoms with Crippen molar-refractivity contribution in [2.24, 2.45) is 0 Å². The van der Waals surface area contributed by atoms with E-state index in [-0.39, 0.29) is 24.0 Å². The Bertz CT molecular complexity index is 479. The number of nitrogens with one attached hydrogen (secondary N) is 1. The van der Waals surface area contributed by atoms with Crippen molar-refractivity contribution in [1.82, 2.24) is 20.0 Å². The highest BCUT2D eigenvalue weighted by molar-refractivity contribution is 5.83. The van der Waals surface area contributed by atoms with Gasteiger partial charge >= 0.3 is 0 Å². The molecule has 0 aromatic carbocycles. The Morgan fingerprint density at radius 1 is 1.08 bits per heavy atom. The topological polar surface area (TPSA) is 65.1 Å². The van der Waals surface area contributed by atoms with Crippen LogP contribution in [0.5, 0.6) is 0 Å². The molecule has 0 aromatic rings. The molecule has 3 aliphatic heterocycles. The van der Waals surface area contributed by atoms with Crippen LogP contribution in [0.25, 0.3) is 0 Å². The van der Waals surface area contributed by atoms with E-state index in [1.807, 2.05) is 16.7 Å². The highest BCUT2D eigenvalue weighted by Crippen LogP contribution is 2.17. The standard InChI is InChI=1S/C18H32N4O3/c1-14-5-3-4-7-22(14)16(23)13-20-8-10-21(11-9-20)18(24)17-15(2)25-12-6-19-17/h14-15,17,19H,3-13H2,1-2H3/t14?,15-,17+/m1/s1. The van der Waals surface area contributed by atoms with Gasteiger partial charge in [-0.3, -0.25) is 14.5 Å². The normalized spacial score (nSPS) is 31.8. The van der Waals surface area contributed by atoms with E-state index in [0.717, 1.165) is 39.0 Å². The van der Waals surface area contributed by atoms with Crippen molar-refractivity contribution >= 4 is 11.8 Å². The molecule has 0 aliphatic carbocycles. The molecule has 0 spiro atoms. The molecule has 3 atom stereocenters. The summed E-state index contributed by atoms with van der Waals surface area (Å²) in [4.78, 5) is 31.4. The minimum absolute atomic E-state index is 0.0820. The number of rotatable bonds is 3. The van der Waals surface area contributed by atoms with Crippen LogP contribution in [0, 0.1) is 0 Å². The van der Waals surface area contributed by atoms with Crippen LogP contribution in [-0.2, 0) is 14.3 Å². The summed E-state index contributed by atoms with van der Waals surface area (Å²) in [6.07, 6.45) is 3.38. The van der Waals surface area contributed by atoms with Crippen molar-refractivity contribution in [3.05, 3.63) is 0 Å². The van der Waals surface area contributed by atoms with Crippen molar-refractivity contribution in [3.63, 3.8) is 0 Å². The van der Waals surface area contributed by atoms with E-state index in [1.54, 1.807) is 0 Å². The van der Waals surface area contributed by atoms with Crippen LogP contribution >= 0.6 is 0 Å². The zero-order chi connectivity index (χ0) is 17.8. The molecule has 1 N–H and O–H groups in total. The lowest BCUT2D eigenvalue weighted by Gasteiger charge is -2.40. The SMILES string of the molecule is CC1CCCCN1C(=O)CN1CCN(C(=O)[C@H]2NCCO[C@@H]2C)CC1. The molecule has 3 saturated heterocycles. The summed E-state index contributed by atoms with van der Waals surface area (Å²) in [6.45, 7) is 9.76. The average Bonchev–Trinajstić information content (AvgIpc) is 2.62. The number of carbonyl (C=O) groups excluding carboxylic acids is 2. The molecule has 25 heavy (non-hydrogen) atoms. The number of likely N-dealkylation sites (tertiary alicyclic amines) is 1. The van der Waals surface area contributed by atoms with Crippen LogP contribution in [0.3, 0.4) is 0 Å². The van der Waals surface area contributed by atoms with Gasteiger partial charge in [0.25, 0.3) is 0 Å². The molecule has 3 aliphatic rings. The summed E-state index contributed by atoms with van der Waals surface area (Å²) < 4.78 is 5.58. The van der Waals surface area contributed by atoms with E-state index in [0.29, 0.717) is 32.3 Å². The van der Waals surface area contributed by atoms with Gasteiger partial charge in [0.1, 0.15) is 6.04 Å². The molecule has 0 aromatic heterocycles. The largest absolute Gasteiger partial charge is 0.375 e. The van der Waals surface area contributed by atoms with Gasteiger partial charge in [-0.1, -0.05) is 0 Å². The van der Waals surface area contributed by atoms with Gasteiger partial charge in [0.05, 0.1) is 19.3 Å². The minimum atomic E-state index is -0.240. The van der Waals surface area contributed by atoms with Gasteiger partial charge in [-0.05, 0) is 33.1 Å². The third-order valence-electron chi connectivity index (χ3n) is 5.75. The third-order valence-corrected chi connectivity index (χ3v) is 5.75. The van der Waals surface area contributed by atoms with E-state index < -0.39 is 0 Å². The second-order valence-electron chi connectivity index (χ2n) is 7.54. The number of carbonyl (C=O) groups is 2. The summed E-state index contributed by atoms with van der Waals surface area (Å²) in [5.74, 6) is 0.366. The fraction of sp³-hybridized carbons (Fsp3) is 0.889. The van der Waals surface area contributed by atoms with Gasteiger partial charge in [-0.2, -0.15) is 0 Å².